The van der Waals surface area contributed by atoms with Gasteiger partial charge in [-0.3, -0.25) is 4.79 Å². The third kappa shape index (κ3) is 5.13. The van der Waals surface area contributed by atoms with Gasteiger partial charge in [0.2, 0.25) is 10.0 Å². The van der Waals surface area contributed by atoms with Gasteiger partial charge in [0.05, 0.1) is 11.7 Å². The van der Waals surface area contributed by atoms with E-state index in [0.29, 0.717) is 6.42 Å². The number of hydrogen-bond donors (Lipinski definition) is 1. The zero-order valence-corrected chi connectivity index (χ0v) is 10.2. The second kappa shape index (κ2) is 6.07. The number of unbranched alkanes of at least 4 members (excludes halogenated alkanes) is 1. The lowest BCUT2D eigenvalue weighted by Gasteiger charge is -2.18. The summed E-state index contributed by atoms with van der Waals surface area (Å²) in [5.41, 5.74) is 0. The number of hydrogen-bond acceptors (Lipinski definition) is 3. The first-order chi connectivity index (χ1) is 6.81. The van der Waals surface area contributed by atoms with Gasteiger partial charge < -0.3 is 5.11 Å². The fourth-order valence-corrected chi connectivity index (χ4v) is 2.48. The van der Waals surface area contributed by atoms with Gasteiger partial charge in [-0.25, -0.2) is 12.7 Å². The van der Waals surface area contributed by atoms with Crippen molar-refractivity contribution in [2.24, 2.45) is 5.92 Å². The van der Waals surface area contributed by atoms with E-state index in [2.05, 4.69) is 0 Å². The van der Waals surface area contributed by atoms with Crippen LogP contribution in [0.25, 0.3) is 0 Å². The number of nitrogens with zero attached hydrogens (tertiary/aromatic N) is 1. The Hall–Kier alpha value is -0.620. The number of rotatable bonds is 7. The van der Waals surface area contributed by atoms with E-state index in [1.165, 1.54) is 14.0 Å². The highest BCUT2D eigenvalue weighted by molar-refractivity contribution is 7.89. The van der Waals surface area contributed by atoms with Gasteiger partial charge in [0.15, 0.2) is 0 Å². The number of carboxylic acids is 1. The number of sulfonamides is 1. The highest BCUT2D eigenvalue weighted by Gasteiger charge is 2.22. The van der Waals surface area contributed by atoms with Crippen LogP contribution in [0, 0.1) is 5.92 Å². The monoisotopic (exact) mass is 237 g/mol. The van der Waals surface area contributed by atoms with Crippen LogP contribution in [0.4, 0.5) is 0 Å². The topological polar surface area (TPSA) is 74.7 Å². The van der Waals surface area contributed by atoms with Crippen molar-refractivity contribution >= 4 is 16.0 Å². The van der Waals surface area contributed by atoms with E-state index in [9.17, 15) is 13.2 Å². The minimum absolute atomic E-state index is 0.0291. The molecule has 0 bridgehead atoms. The van der Waals surface area contributed by atoms with Gasteiger partial charge in [0, 0.05) is 13.6 Å². The highest BCUT2D eigenvalue weighted by Crippen LogP contribution is 2.06. The zero-order valence-electron chi connectivity index (χ0n) is 9.43. The van der Waals surface area contributed by atoms with Crippen molar-refractivity contribution in [1.82, 2.24) is 4.31 Å². The summed E-state index contributed by atoms with van der Waals surface area (Å²) in [5.74, 6) is -1.56. The maximum absolute atomic E-state index is 11.6. The molecule has 6 heteroatoms. The van der Waals surface area contributed by atoms with E-state index in [-0.39, 0.29) is 12.3 Å². The minimum Gasteiger partial charge on any atom is -0.481 e. The van der Waals surface area contributed by atoms with Crippen molar-refractivity contribution in [2.45, 2.75) is 26.7 Å². The molecule has 0 rings (SSSR count). The summed E-state index contributed by atoms with van der Waals surface area (Å²) < 4.78 is 24.3. The van der Waals surface area contributed by atoms with Gasteiger partial charge in [-0.2, -0.15) is 0 Å². The molecule has 1 N–H and O–H groups in total. The summed E-state index contributed by atoms with van der Waals surface area (Å²) in [7, 11) is -1.86. The molecule has 0 amide bonds. The average Bonchev–Trinajstić information content (AvgIpc) is 2.14. The summed E-state index contributed by atoms with van der Waals surface area (Å²) in [6, 6.07) is 0. The molecule has 0 fully saturated rings. The number of carbonyl (C=O) groups is 1. The van der Waals surface area contributed by atoms with Crippen LogP contribution < -0.4 is 0 Å². The maximum Gasteiger partial charge on any atom is 0.307 e. The number of aliphatic carboxylic acids is 1. The predicted octanol–water partition coefficient (Wildman–Crippen LogP) is 0.769. The van der Waals surface area contributed by atoms with Crippen molar-refractivity contribution in [2.75, 3.05) is 19.3 Å². The first-order valence-corrected chi connectivity index (χ1v) is 6.59. The molecule has 0 saturated carbocycles. The van der Waals surface area contributed by atoms with Gasteiger partial charge in [-0.15, -0.1) is 0 Å². The van der Waals surface area contributed by atoms with E-state index in [1.807, 2.05) is 6.92 Å². The van der Waals surface area contributed by atoms with Gasteiger partial charge in [-0.05, 0) is 6.42 Å². The Balaban J connectivity index is 4.31. The van der Waals surface area contributed by atoms with Crippen molar-refractivity contribution in [3.8, 4) is 0 Å². The lowest BCUT2D eigenvalue weighted by molar-refractivity contribution is -0.141. The van der Waals surface area contributed by atoms with Gasteiger partial charge in [-0.1, -0.05) is 20.3 Å². The molecular weight excluding hydrogens is 218 g/mol. The highest BCUT2D eigenvalue weighted by atomic mass is 32.2. The van der Waals surface area contributed by atoms with Crippen LogP contribution in [0.1, 0.15) is 26.7 Å². The second-order valence-corrected chi connectivity index (χ2v) is 5.88. The average molecular weight is 237 g/mol. The molecule has 0 spiro atoms. The van der Waals surface area contributed by atoms with Crippen LogP contribution in [-0.2, 0) is 14.8 Å². The van der Waals surface area contributed by atoms with Crippen LogP contribution in [-0.4, -0.2) is 43.1 Å². The van der Waals surface area contributed by atoms with Crippen molar-refractivity contribution in [3.63, 3.8) is 0 Å². The van der Waals surface area contributed by atoms with Crippen LogP contribution in [0.5, 0.6) is 0 Å². The zero-order chi connectivity index (χ0) is 12.1. The Kier molecular flexibility index (Phi) is 5.82. The minimum atomic E-state index is -3.28. The summed E-state index contributed by atoms with van der Waals surface area (Å²) >= 11 is 0. The fraction of sp³-hybridized carbons (Fsp3) is 0.889. The molecule has 0 radical (unpaired) electrons. The van der Waals surface area contributed by atoms with E-state index in [4.69, 9.17) is 5.11 Å². The molecule has 5 nitrogen and oxygen atoms in total. The van der Waals surface area contributed by atoms with Gasteiger partial charge in [0.1, 0.15) is 0 Å². The molecule has 1 atom stereocenters. The fourth-order valence-electron chi connectivity index (χ4n) is 1.06. The Bertz CT molecular complexity index is 299. The largest absolute Gasteiger partial charge is 0.481 e. The lowest BCUT2D eigenvalue weighted by Crippen LogP contribution is -2.35. The summed E-state index contributed by atoms with van der Waals surface area (Å²) in [5, 5.41) is 8.65. The van der Waals surface area contributed by atoms with Crippen molar-refractivity contribution in [3.05, 3.63) is 0 Å². The first kappa shape index (κ1) is 14.4. The maximum atomic E-state index is 11.6. The Morgan fingerprint density at radius 1 is 1.47 bits per heavy atom. The molecule has 0 heterocycles. The second-order valence-electron chi connectivity index (χ2n) is 3.69. The van der Waals surface area contributed by atoms with E-state index in [0.717, 1.165) is 10.7 Å². The summed E-state index contributed by atoms with van der Waals surface area (Å²) in [6.45, 7) is 3.44. The molecule has 0 aromatic heterocycles. The normalized spacial score (nSPS) is 14.1. The molecule has 90 valence electrons. The van der Waals surface area contributed by atoms with Gasteiger partial charge >= 0.3 is 5.97 Å². The van der Waals surface area contributed by atoms with Crippen LogP contribution >= 0.6 is 0 Å². The molecule has 0 saturated heterocycles. The molecule has 0 aliphatic rings. The Morgan fingerprint density at radius 3 is 2.40 bits per heavy atom. The number of carboxylic acid groups (broad SMARTS) is 1. The Labute approximate surface area is 91.1 Å². The van der Waals surface area contributed by atoms with Crippen molar-refractivity contribution in [1.29, 1.82) is 0 Å². The molecule has 1 unspecified atom stereocenters. The molecular formula is C9H19NO4S. The molecule has 15 heavy (non-hydrogen) atoms. The third-order valence-corrected chi connectivity index (χ3v) is 4.09. The molecule has 0 aromatic rings. The smallest absolute Gasteiger partial charge is 0.307 e. The van der Waals surface area contributed by atoms with Gasteiger partial charge in [0.25, 0.3) is 0 Å². The quantitative estimate of drug-likeness (QED) is 0.709. The summed E-state index contributed by atoms with van der Waals surface area (Å²) in [4.78, 5) is 10.6. The summed E-state index contributed by atoms with van der Waals surface area (Å²) in [6.07, 6.45) is 1.41. The third-order valence-electron chi connectivity index (χ3n) is 2.18. The first-order valence-electron chi connectivity index (χ1n) is 4.98. The van der Waals surface area contributed by atoms with Crippen molar-refractivity contribution < 1.29 is 18.3 Å². The van der Waals surface area contributed by atoms with E-state index >= 15 is 0 Å². The Morgan fingerprint density at radius 2 is 2.00 bits per heavy atom. The van der Waals surface area contributed by atoms with Crippen LogP contribution in [0.15, 0.2) is 0 Å². The van der Waals surface area contributed by atoms with Crippen LogP contribution in [0.3, 0.4) is 0 Å². The predicted molar refractivity (Wildman–Crippen MR) is 58.1 cm³/mol. The molecule has 0 aliphatic carbocycles. The molecule has 0 aliphatic heterocycles. The molecule has 0 aromatic carbocycles. The standard InChI is InChI=1S/C9H19NO4S/c1-4-5-6-15(13,14)10(3)7-8(2)9(11)12/h8H,4-7H2,1-3H3,(H,11,12). The van der Waals surface area contributed by atoms with E-state index in [1.54, 1.807) is 0 Å². The lowest BCUT2D eigenvalue weighted by atomic mass is 10.2. The van der Waals surface area contributed by atoms with Crippen LogP contribution in [0.2, 0.25) is 0 Å². The SMILES string of the molecule is CCCCS(=O)(=O)N(C)CC(C)C(=O)O. The van der Waals surface area contributed by atoms with E-state index < -0.39 is 21.9 Å².